The Bertz CT molecular complexity index is 466. The highest BCUT2D eigenvalue weighted by Gasteiger charge is 2.38. The second-order valence-corrected chi connectivity index (χ2v) is 5.44. The second kappa shape index (κ2) is 9.09. The zero-order chi connectivity index (χ0) is 17.4. The van der Waals surface area contributed by atoms with Crippen molar-refractivity contribution in [3.05, 3.63) is 0 Å². The molecule has 23 heavy (non-hydrogen) atoms. The third-order valence-corrected chi connectivity index (χ3v) is 3.73. The summed E-state index contributed by atoms with van der Waals surface area (Å²) in [6.07, 6.45) is 2.59. The molecule has 1 rings (SSSR count). The highest BCUT2D eigenvalue weighted by Crippen LogP contribution is 2.32. The van der Waals surface area contributed by atoms with E-state index in [1.807, 2.05) is 0 Å². The van der Waals surface area contributed by atoms with E-state index in [0.717, 1.165) is 17.7 Å². The number of nitrogens with zero attached hydrogens (tertiary/aromatic N) is 1. The molecule has 2 N–H and O–H groups in total. The van der Waals surface area contributed by atoms with Crippen LogP contribution in [0.1, 0.15) is 32.6 Å². The summed E-state index contributed by atoms with van der Waals surface area (Å²) in [6.45, 7) is 0.414. The van der Waals surface area contributed by atoms with Crippen molar-refractivity contribution in [2.75, 3.05) is 20.4 Å². The molecule has 0 spiro atoms. The minimum Gasteiger partial charge on any atom is -0.428 e. The summed E-state index contributed by atoms with van der Waals surface area (Å²) in [6, 6.07) is 0. The lowest BCUT2D eigenvalue weighted by Crippen LogP contribution is -2.44. The number of carbonyl (C=O) groups is 4. The maximum absolute atomic E-state index is 12.4. The smallest absolute Gasteiger partial charge is 0.312 e. The van der Waals surface area contributed by atoms with Crippen molar-refractivity contribution in [2.45, 2.75) is 32.6 Å². The Hall–Kier alpha value is -2.16. The molecule has 0 aromatic rings. The molecule has 9 nitrogen and oxygen atoms in total. The molecule has 0 aromatic heterocycles. The van der Waals surface area contributed by atoms with E-state index in [0.29, 0.717) is 12.8 Å². The Labute approximate surface area is 133 Å². The Morgan fingerprint density at radius 1 is 1.13 bits per heavy atom. The monoisotopic (exact) mass is 330 g/mol. The van der Waals surface area contributed by atoms with E-state index < -0.39 is 36.5 Å². The van der Waals surface area contributed by atoms with Crippen LogP contribution in [-0.2, 0) is 28.7 Å². The zero-order valence-corrected chi connectivity index (χ0v) is 13.2. The summed E-state index contributed by atoms with van der Waals surface area (Å²) in [5.74, 6) is -3.46. The predicted molar refractivity (Wildman–Crippen MR) is 75.7 cm³/mol. The number of hydrogen-bond donors (Lipinski definition) is 2. The maximum atomic E-state index is 12.4. The van der Waals surface area contributed by atoms with E-state index in [1.165, 1.54) is 19.5 Å². The summed E-state index contributed by atoms with van der Waals surface area (Å²) in [5.41, 5.74) is 1.45. The zero-order valence-electron chi connectivity index (χ0n) is 13.2. The second-order valence-electron chi connectivity index (χ2n) is 5.44. The lowest BCUT2D eigenvalue weighted by atomic mass is 9.78. The third-order valence-electron chi connectivity index (χ3n) is 3.73. The fourth-order valence-corrected chi connectivity index (χ4v) is 2.60. The Kier molecular flexibility index (Phi) is 7.46. The third kappa shape index (κ3) is 5.85. The number of ether oxygens (including phenoxy) is 2. The van der Waals surface area contributed by atoms with Gasteiger partial charge in [-0.1, -0.05) is 12.8 Å². The molecule has 0 bridgehead atoms. The summed E-state index contributed by atoms with van der Waals surface area (Å²) in [4.78, 5) is 47.5. The van der Waals surface area contributed by atoms with E-state index in [9.17, 15) is 19.2 Å². The summed E-state index contributed by atoms with van der Waals surface area (Å²) in [7, 11) is 1.42. The average molecular weight is 330 g/mol. The van der Waals surface area contributed by atoms with Crippen LogP contribution in [-0.4, -0.2) is 54.2 Å². The van der Waals surface area contributed by atoms with Crippen LogP contribution in [0.2, 0.25) is 0 Å². The molecule has 1 aliphatic rings. The minimum absolute atomic E-state index is 0.305. The summed E-state index contributed by atoms with van der Waals surface area (Å²) in [5, 5.41) is 8.50. The largest absolute Gasteiger partial charge is 0.428 e. The Morgan fingerprint density at radius 3 is 2.30 bits per heavy atom. The van der Waals surface area contributed by atoms with Gasteiger partial charge in [0.15, 0.2) is 0 Å². The quantitative estimate of drug-likeness (QED) is 0.300. The van der Waals surface area contributed by atoms with Gasteiger partial charge in [0.1, 0.15) is 6.54 Å². The number of likely N-dealkylation sites (N-methyl/N-ethyl adjacent to an activating group) is 1. The molecule has 1 aliphatic carbocycles. The van der Waals surface area contributed by atoms with Gasteiger partial charge < -0.3 is 14.4 Å². The molecule has 1 saturated carbocycles. The van der Waals surface area contributed by atoms with Gasteiger partial charge in [-0.2, -0.15) is 0 Å². The van der Waals surface area contributed by atoms with Gasteiger partial charge in [0.05, 0.1) is 11.8 Å². The van der Waals surface area contributed by atoms with Gasteiger partial charge in [-0.05, 0) is 12.8 Å². The first-order valence-corrected chi connectivity index (χ1v) is 7.34. The highest BCUT2D eigenvalue weighted by molar-refractivity contribution is 5.88. The van der Waals surface area contributed by atoms with Crippen LogP contribution >= 0.6 is 0 Å². The van der Waals surface area contributed by atoms with Crippen LogP contribution in [0.5, 0.6) is 0 Å². The van der Waals surface area contributed by atoms with Crippen LogP contribution in [0.4, 0.5) is 0 Å². The molecular formula is C14H22N2O7. The summed E-state index contributed by atoms with van der Waals surface area (Å²) < 4.78 is 9.44. The highest BCUT2D eigenvalue weighted by atomic mass is 16.7. The van der Waals surface area contributed by atoms with Crippen LogP contribution in [0.25, 0.3) is 0 Å². The molecule has 2 amide bonds. The number of rotatable bonds is 6. The van der Waals surface area contributed by atoms with E-state index >= 15 is 0 Å². The maximum Gasteiger partial charge on any atom is 0.312 e. The van der Waals surface area contributed by atoms with Gasteiger partial charge in [-0.15, -0.1) is 0 Å². The lowest BCUT2D eigenvalue weighted by molar-refractivity contribution is -0.172. The number of nitrogens with one attached hydrogen (secondary N) is 1. The number of carbonyl (C=O) groups excluding carboxylic acids is 4. The Balaban J connectivity index is 2.65. The van der Waals surface area contributed by atoms with E-state index in [1.54, 1.807) is 0 Å². The molecule has 9 heteroatoms. The normalized spacial score (nSPS) is 20.3. The van der Waals surface area contributed by atoms with Crippen molar-refractivity contribution in [2.24, 2.45) is 11.8 Å². The Morgan fingerprint density at radius 2 is 1.74 bits per heavy atom. The number of hydroxylamine groups is 1. The van der Waals surface area contributed by atoms with Crippen LogP contribution in [0, 0.1) is 11.8 Å². The van der Waals surface area contributed by atoms with E-state index in [-0.39, 0.29) is 12.5 Å². The molecule has 0 radical (unpaired) electrons. The van der Waals surface area contributed by atoms with E-state index in [4.69, 9.17) is 9.94 Å². The van der Waals surface area contributed by atoms with Crippen molar-refractivity contribution in [1.29, 1.82) is 0 Å². The first-order valence-electron chi connectivity index (χ1n) is 7.34. The number of hydrogen-bond acceptors (Lipinski definition) is 7. The average Bonchev–Trinajstić information content (AvgIpc) is 2.53. The van der Waals surface area contributed by atoms with Crippen LogP contribution < -0.4 is 5.48 Å². The van der Waals surface area contributed by atoms with Gasteiger partial charge in [-0.3, -0.25) is 24.4 Å². The molecule has 0 aliphatic heterocycles. The van der Waals surface area contributed by atoms with Crippen molar-refractivity contribution in [3.63, 3.8) is 0 Å². The topological polar surface area (TPSA) is 122 Å². The molecule has 0 aromatic carbocycles. The molecule has 0 unspecified atom stereocenters. The number of amides is 2. The van der Waals surface area contributed by atoms with Gasteiger partial charge in [0.25, 0.3) is 5.91 Å². The van der Waals surface area contributed by atoms with Gasteiger partial charge in [-0.25, -0.2) is 5.48 Å². The SMILES string of the molecule is CC(=O)OCOC(=O)[C@@H]1CCCC[C@@H]1C(=O)N(C)CC(=O)NO. The molecule has 130 valence electrons. The fourth-order valence-electron chi connectivity index (χ4n) is 2.60. The van der Waals surface area contributed by atoms with Crippen molar-refractivity contribution in [1.82, 2.24) is 10.4 Å². The van der Waals surface area contributed by atoms with Gasteiger partial charge in [0.2, 0.25) is 12.7 Å². The number of esters is 2. The van der Waals surface area contributed by atoms with E-state index in [2.05, 4.69) is 4.74 Å². The molecule has 0 heterocycles. The standard InChI is InChI=1S/C14H22N2O7/c1-9(17)22-8-23-14(20)11-6-4-3-5-10(11)13(19)16(2)7-12(18)15-21/h10-11,21H,3-8H2,1-2H3,(H,15,18)/t10-,11+/m0/s1. The first kappa shape index (κ1) is 18.9. The fraction of sp³-hybridized carbons (Fsp3) is 0.714. The first-order chi connectivity index (χ1) is 10.9. The summed E-state index contributed by atoms with van der Waals surface area (Å²) >= 11 is 0. The van der Waals surface area contributed by atoms with Gasteiger partial charge >= 0.3 is 11.9 Å². The molecule has 1 fully saturated rings. The van der Waals surface area contributed by atoms with Crippen LogP contribution in [0.15, 0.2) is 0 Å². The molecular weight excluding hydrogens is 308 g/mol. The molecule has 0 saturated heterocycles. The van der Waals surface area contributed by atoms with Crippen molar-refractivity contribution >= 4 is 23.8 Å². The van der Waals surface area contributed by atoms with Gasteiger partial charge in [0, 0.05) is 14.0 Å². The molecule has 2 atom stereocenters. The van der Waals surface area contributed by atoms with Crippen molar-refractivity contribution < 1.29 is 33.9 Å². The van der Waals surface area contributed by atoms with Crippen molar-refractivity contribution in [3.8, 4) is 0 Å². The lowest BCUT2D eigenvalue weighted by Gasteiger charge is -2.31. The predicted octanol–water partition coefficient (Wildman–Crippen LogP) is -0.180. The van der Waals surface area contributed by atoms with Crippen LogP contribution in [0.3, 0.4) is 0 Å². The minimum atomic E-state index is -0.717.